The summed E-state index contributed by atoms with van der Waals surface area (Å²) in [6, 6.07) is 4.64. The van der Waals surface area contributed by atoms with Gasteiger partial charge in [-0.25, -0.2) is 4.39 Å². The first kappa shape index (κ1) is 15.0. The second kappa shape index (κ2) is 5.19. The highest BCUT2D eigenvalue weighted by molar-refractivity contribution is 5.75. The lowest BCUT2D eigenvalue weighted by Gasteiger charge is -2.41. The third kappa shape index (κ3) is 3.02. The van der Waals surface area contributed by atoms with Crippen molar-refractivity contribution in [2.45, 2.75) is 52.9 Å². The first-order chi connectivity index (χ1) is 9.24. The molecule has 110 valence electrons. The van der Waals surface area contributed by atoms with Crippen molar-refractivity contribution < 1.29 is 14.3 Å². The summed E-state index contributed by atoms with van der Waals surface area (Å²) < 4.78 is 13.4. The van der Waals surface area contributed by atoms with E-state index in [0.717, 1.165) is 24.0 Å². The molecule has 0 spiro atoms. The Labute approximate surface area is 120 Å². The van der Waals surface area contributed by atoms with Crippen LogP contribution in [0.4, 0.5) is 4.39 Å². The normalized spacial score (nSPS) is 20.6. The van der Waals surface area contributed by atoms with Gasteiger partial charge in [0.2, 0.25) is 0 Å². The Kier molecular flexibility index (Phi) is 3.90. The lowest BCUT2D eigenvalue weighted by Crippen LogP contribution is -2.39. The molecule has 0 unspecified atom stereocenters. The Hall–Kier alpha value is -1.38. The minimum Gasteiger partial charge on any atom is -0.481 e. The van der Waals surface area contributed by atoms with E-state index in [4.69, 9.17) is 0 Å². The van der Waals surface area contributed by atoms with Crippen molar-refractivity contribution >= 4 is 5.97 Å². The number of rotatable bonds is 3. The third-order valence-corrected chi connectivity index (χ3v) is 4.85. The molecule has 0 amide bonds. The van der Waals surface area contributed by atoms with Gasteiger partial charge in [0.1, 0.15) is 5.82 Å². The maximum Gasteiger partial charge on any atom is 0.309 e. The molecule has 0 aromatic heterocycles. The molecule has 1 aromatic rings. The molecule has 1 saturated carbocycles. The second-order valence-electron chi connectivity index (χ2n) is 7.00. The zero-order chi connectivity index (χ0) is 15.0. The van der Waals surface area contributed by atoms with Crippen LogP contribution in [-0.2, 0) is 11.2 Å². The second-order valence-corrected chi connectivity index (χ2v) is 7.00. The number of hydrogen-bond donors (Lipinski definition) is 1. The van der Waals surface area contributed by atoms with Crippen LogP contribution >= 0.6 is 0 Å². The van der Waals surface area contributed by atoms with E-state index in [0.29, 0.717) is 19.3 Å². The molecule has 0 heterocycles. The van der Waals surface area contributed by atoms with Crippen molar-refractivity contribution in [1.82, 2.24) is 0 Å². The van der Waals surface area contributed by atoms with Gasteiger partial charge in [-0.3, -0.25) is 4.79 Å². The van der Waals surface area contributed by atoms with Crippen LogP contribution in [0.15, 0.2) is 18.2 Å². The lowest BCUT2D eigenvalue weighted by atomic mass is 9.63. The Bertz CT molecular complexity index is 510. The van der Waals surface area contributed by atoms with E-state index in [2.05, 4.69) is 13.8 Å². The highest BCUT2D eigenvalue weighted by Crippen LogP contribution is 2.47. The van der Waals surface area contributed by atoms with Crippen molar-refractivity contribution in [3.63, 3.8) is 0 Å². The Morgan fingerprint density at radius 3 is 2.40 bits per heavy atom. The molecule has 1 aromatic carbocycles. The quantitative estimate of drug-likeness (QED) is 0.892. The van der Waals surface area contributed by atoms with E-state index < -0.39 is 11.4 Å². The zero-order valence-electron chi connectivity index (χ0n) is 12.5. The molecule has 2 nitrogen and oxygen atoms in total. The Morgan fingerprint density at radius 2 is 1.85 bits per heavy atom. The molecule has 0 bridgehead atoms. The number of benzene rings is 1. The summed E-state index contributed by atoms with van der Waals surface area (Å²) in [6.45, 7) is 6.29. The van der Waals surface area contributed by atoms with Gasteiger partial charge >= 0.3 is 5.97 Å². The third-order valence-electron chi connectivity index (χ3n) is 4.85. The van der Waals surface area contributed by atoms with Gasteiger partial charge in [0, 0.05) is 0 Å². The monoisotopic (exact) mass is 278 g/mol. The van der Waals surface area contributed by atoms with Crippen LogP contribution in [0.3, 0.4) is 0 Å². The average Bonchev–Trinajstić information content (AvgIpc) is 2.36. The van der Waals surface area contributed by atoms with Gasteiger partial charge in [-0.15, -0.1) is 0 Å². The van der Waals surface area contributed by atoms with Gasteiger partial charge < -0.3 is 5.11 Å². The minimum absolute atomic E-state index is 0.218. The molecule has 1 N–H and O–H groups in total. The van der Waals surface area contributed by atoms with Crippen LogP contribution in [0, 0.1) is 23.6 Å². The predicted octanol–water partition coefficient (Wildman–Crippen LogP) is 4.35. The van der Waals surface area contributed by atoms with E-state index in [-0.39, 0.29) is 11.2 Å². The van der Waals surface area contributed by atoms with Gasteiger partial charge in [-0.1, -0.05) is 19.9 Å². The van der Waals surface area contributed by atoms with Gasteiger partial charge in [0.25, 0.3) is 0 Å². The molecule has 1 aliphatic rings. The highest BCUT2D eigenvalue weighted by atomic mass is 19.1. The summed E-state index contributed by atoms with van der Waals surface area (Å²) in [4.78, 5) is 11.8. The molecule has 2 rings (SSSR count). The highest BCUT2D eigenvalue weighted by Gasteiger charge is 2.44. The number of carboxylic acids is 1. The fraction of sp³-hybridized carbons (Fsp3) is 0.588. The zero-order valence-corrected chi connectivity index (χ0v) is 12.5. The van der Waals surface area contributed by atoms with Crippen molar-refractivity contribution in [3.8, 4) is 0 Å². The first-order valence-electron chi connectivity index (χ1n) is 7.23. The fourth-order valence-corrected chi connectivity index (χ4v) is 3.07. The van der Waals surface area contributed by atoms with Crippen molar-refractivity contribution in [2.75, 3.05) is 0 Å². The van der Waals surface area contributed by atoms with Crippen LogP contribution < -0.4 is 0 Å². The topological polar surface area (TPSA) is 37.3 Å². The predicted molar refractivity (Wildman–Crippen MR) is 77.2 cm³/mol. The van der Waals surface area contributed by atoms with E-state index >= 15 is 0 Å². The number of carboxylic acid groups (broad SMARTS) is 1. The SMILES string of the molecule is Cc1ccc(F)cc1CC1(C(=O)O)CCC(C)(C)CC1. The van der Waals surface area contributed by atoms with E-state index in [1.165, 1.54) is 12.1 Å². The van der Waals surface area contributed by atoms with Crippen LogP contribution in [-0.4, -0.2) is 11.1 Å². The summed E-state index contributed by atoms with van der Waals surface area (Å²) in [5.41, 5.74) is 1.29. The van der Waals surface area contributed by atoms with Crippen LogP contribution in [0.25, 0.3) is 0 Å². The van der Waals surface area contributed by atoms with Crippen LogP contribution in [0.1, 0.15) is 50.7 Å². The van der Waals surface area contributed by atoms with Gasteiger partial charge in [0.15, 0.2) is 0 Å². The molecular weight excluding hydrogens is 255 g/mol. The standard InChI is InChI=1S/C17H23FO2/c1-12-4-5-14(18)10-13(12)11-17(15(19)20)8-6-16(2,3)7-9-17/h4-5,10H,6-9,11H2,1-3H3,(H,19,20). The van der Waals surface area contributed by atoms with Gasteiger partial charge in [0.05, 0.1) is 5.41 Å². The van der Waals surface area contributed by atoms with Crippen LogP contribution in [0.2, 0.25) is 0 Å². The molecule has 0 atom stereocenters. The number of aryl methyl sites for hydroxylation is 1. The van der Waals surface area contributed by atoms with E-state index in [1.807, 2.05) is 6.92 Å². The molecule has 1 aliphatic carbocycles. The molecule has 20 heavy (non-hydrogen) atoms. The number of carbonyl (C=O) groups is 1. The van der Waals surface area contributed by atoms with E-state index in [1.54, 1.807) is 6.07 Å². The van der Waals surface area contributed by atoms with Gasteiger partial charge in [-0.2, -0.15) is 0 Å². The Balaban J connectivity index is 2.27. The molecule has 3 heteroatoms. The summed E-state index contributed by atoms with van der Waals surface area (Å²) in [6.07, 6.45) is 3.60. The summed E-state index contributed by atoms with van der Waals surface area (Å²) in [5.74, 6) is -1.03. The Morgan fingerprint density at radius 1 is 1.25 bits per heavy atom. The number of aliphatic carboxylic acids is 1. The summed E-state index contributed by atoms with van der Waals surface area (Å²) in [7, 11) is 0. The van der Waals surface area contributed by atoms with Gasteiger partial charge in [-0.05, 0) is 67.7 Å². The largest absolute Gasteiger partial charge is 0.481 e. The lowest BCUT2D eigenvalue weighted by molar-refractivity contribution is -0.152. The number of halogens is 1. The molecule has 0 aliphatic heterocycles. The smallest absolute Gasteiger partial charge is 0.309 e. The first-order valence-corrected chi connectivity index (χ1v) is 7.23. The molecule has 1 fully saturated rings. The summed E-state index contributed by atoms with van der Waals surface area (Å²) >= 11 is 0. The number of hydrogen-bond acceptors (Lipinski definition) is 1. The maximum atomic E-state index is 13.4. The van der Waals surface area contributed by atoms with Crippen molar-refractivity contribution in [2.24, 2.45) is 10.8 Å². The summed E-state index contributed by atoms with van der Waals surface area (Å²) in [5, 5.41) is 9.69. The maximum absolute atomic E-state index is 13.4. The molecule has 0 radical (unpaired) electrons. The minimum atomic E-state index is -0.739. The van der Waals surface area contributed by atoms with Crippen molar-refractivity contribution in [1.29, 1.82) is 0 Å². The molecular formula is C17H23FO2. The van der Waals surface area contributed by atoms with Crippen LogP contribution in [0.5, 0.6) is 0 Å². The average molecular weight is 278 g/mol. The van der Waals surface area contributed by atoms with Crippen molar-refractivity contribution in [3.05, 3.63) is 35.1 Å². The molecule has 0 saturated heterocycles. The fourth-order valence-electron chi connectivity index (χ4n) is 3.07. The van der Waals surface area contributed by atoms with E-state index in [9.17, 15) is 14.3 Å².